The van der Waals surface area contributed by atoms with Gasteiger partial charge in [0.2, 0.25) is 33.6 Å². The number of nitrogens with zero attached hydrogens (tertiary/aromatic N) is 2. The molecule has 0 spiro atoms. The molecular weight excluding hydrogens is 626 g/mol. The number of likely N-dealkylation sites (tertiary alicyclic amines) is 1. The van der Waals surface area contributed by atoms with Gasteiger partial charge < -0.3 is 25.0 Å². The largest absolute Gasteiger partial charge is 0.497 e. The van der Waals surface area contributed by atoms with Gasteiger partial charge in [-0.15, -0.1) is 6.58 Å². The van der Waals surface area contributed by atoms with E-state index in [0.29, 0.717) is 36.3 Å². The summed E-state index contributed by atoms with van der Waals surface area (Å²) in [5.74, 6) is -2.04. The van der Waals surface area contributed by atoms with Gasteiger partial charge in [0.1, 0.15) is 29.5 Å². The van der Waals surface area contributed by atoms with Crippen molar-refractivity contribution in [3.05, 3.63) is 55.8 Å². The Bertz CT molecular complexity index is 1710. The molecule has 1 aliphatic heterocycles. The van der Waals surface area contributed by atoms with Gasteiger partial charge in [-0.3, -0.25) is 23.9 Å². The van der Waals surface area contributed by atoms with Crippen LogP contribution in [0.25, 0.3) is 10.8 Å². The van der Waals surface area contributed by atoms with E-state index in [2.05, 4.69) is 33.5 Å². The lowest BCUT2D eigenvalue weighted by atomic mass is 10.0. The van der Waals surface area contributed by atoms with Gasteiger partial charge in [-0.05, 0) is 67.3 Å². The van der Waals surface area contributed by atoms with E-state index in [-0.39, 0.29) is 25.3 Å². The number of hydrogen-bond acceptors (Lipinski definition) is 9. The second-order valence-electron chi connectivity index (χ2n) is 12.8. The van der Waals surface area contributed by atoms with Crippen LogP contribution in [0.2, 0.25) is 0 Å². The van der Waals surface area contributed by atoms with Gasteiger partial charge in [0, 0.05) is 23.9 Å². The Hall–Kier alpha value is -4.46. The van der Waals surface area contributed by atoms with Crippen LogP contribution in [0.3, 0.4) is 0 Å². The number of carbonyl (C=O) groups excluding carboxylic acids is 4. The molecule has 0 radical (unpaired) electrons. The van der Waals surface area contributed by atoms with E-state index in [9.17, 15) is 27.6 Å². The second kappa shape index (κ2) is 13.3. The standard InChI is InChI=1S/C33H41N5O8S/c1-6-21-17-33(21,32(42)37-47(43,44)24-9-10-24)36-29(40)27-16-23(18-38(27)31(41)26(14-19(3)4)35-28(39)7-2)46-30-25-11-8-22(45-5)15-20(25)12-13-34-30/h6-8,11-13,15,19,21,23-24,26-27H,1-2,9-10,14,16-18H2,3-5H3,(H,35,39)(H,36,40)(H,37,42)/t21-,23-,26?,27+,33-/m1/s1. The molecule has 1 saturated heterocycles. The van der Waals surface area contributed by atoms with Crippen LogP contribution < -0.4 is 24.8 Å². The maximum Gasteiger partial charge on any atom is 0.259 e. The van der Waals surface area contributed by atoms with Crippen LogP contribution in [0.1, 0.15) is 46.0 Å². The van der Waals surface area contributed by atoms with Crippen LogP contribution >= 0.6 is 0 Å². The second-order valence-corrected chi connectivity index (χ2v) is 14.7. The van der Waals surface area contributed by atoms with Crippen molar-refractivity contribution in [1.29, 1.82) is 0 Å². The number of aromatic nitrogens is 1. The molecule has 13 nitrogen and oxygen atoms in total. The highest BCUT2D eigenvalue weighted by molar-refractivity contribution is 7.91. The number of rotatable bonds is 14. The number of carbonyl (C=O) groups is 4. The Morgan fingerprint density at radius 2 is 1.91 bits per heavy atom. The van der Waals surface area contributed by atoms with Crippen LogP contribution in [0, 0.1) is 11.8 Å². The van der Waals surface area contributed by atoms with Crippen molar-refractivity contribution < 1.29 is 37.1 Å². The Balaban J connectivity index is 1.42. The number of nitrogens with one attached hydrogen (secondary N) is 3. The molecule has 1 aromatic carbocycles. The van der Waals surface area contributed by atoms with Crippen molar-refractivity contribution in [2.45, 2.75) is 74.9 Å². The third kappa shape index (κ3) is 7.27. The van der Waals surface area contributed by atoms with Gasteiger partial charge in [0.25, 0.3) is 5.91 Å². The number of amides is 4. The van der Waals surface area contributed by atoms with Gasteiger partial charge in [-0.1, -0.05) is 26.5 Å². The quantitative estimate of drug-likeness (QED) is 0.201. The lowest BCUT2D eigenvalue weighted by molar-refractivity contribution is -0.142. The van der Waals surface area contributed by atoms with Crippen LogP contribution in [0.4, 0.5) is 0 Å². The lowest BCUT2D eigenvalue weighted by Gasteiger charge is -2.30. The molecule has 1 aromatic heterocycles. The fourth-order valence-electron chi connectivity index (χ4n) is 6.02. The number of pyridine rings is 1. The van der Waals surface area contributed by atoms with E-state index < -0.39 is 68.5 Å². The summed E-state index contributed by atoms with van der Waals surface area (Å²) >= 11 is 0. The summed E-state index contributed by atoms with van der Waals surface area (Å²) in [7, 11) is -2.31. The summed E-state index contributed by atoms with van der Waals surface area (Å²) in [5.41, 5.74) is -1.53. The topological polar surface area (TPSA) is 173 Å². The predicted molar refractivity (Wildman–Crippen MR) is 174 cm³/mol. The molecule has 5 atom stereocenters. The number of ether oxygens (including phenoxy) is 2. The van der Waals surface area contributed by atoms with Gasteiger partial charge in [0.15, 0.2) is 0 Å². The normalized spacial score (nSPS) is 24.3. The minimum Gasteiger partial charge on any atom is -0.497 e. The van der Waals surface area contributed by atoms with Crippen LogP contribution in [0.15, 0.2) is 55.8 Å². The smallest absolute Gasteiger partial charge is 0.259 e. The number of methoxy groups -OCH3 is 1. The third-order valence-electron chi connectivity index (χ3n) is 8.82. The Labute approximate surface area is 274 Å². The molecule has 2 heterocycles. The van der Waals surface area contributed by atoms with Gasteiger partial charge in [-0.2, -0.15) is 0 Å². The number of hydrogen-bond donors (Lipinski definition) is 3. The van der Waals surface area contributed by atoms with Crippen molar-refractivity contribution in [2.75, 3.05) is 13.7 Å². The van der Waals surface area contributed by atoms with Crippen LogP contribution in [-0.2, 0) is 29.2 Å². The van der Waals surface area contributed by atoms with Crippen LogP contribution in [0.5, 0.6) is 11.6 Å². The molecule has 252 valence electrons. The predicted octanol–water partition coefficient (Wildman–Crippen LogP) is 1.98. The van der Waals surface area contributed by atoms with Crippen LogP contribution in [-0.4, -0.2) is 84.6 Å². The summed E-state index contributed by atoms with van der Waals surface area (Å²) in [6, 6.07) is 5.17. The third-order valence-corrected chi connectivity index (χ3v) is 10.6. The van der Waals surface area contributed by atoms with Gasteiger partial charge >= 0.3 is 0 Å². The Morgan fingerprint density at radius 3 is 2.53 bits per heavy atom. The van der Waals surface area contributed by atoms with E-state index in [4.69, 9.17) is 9.47 Å². The van der Waals surface area contributed by atoms with Gasteiger partial charge in [-0.25, -0.2) is 13.4 Å². The molecule has 2 aliphatic carbocycles. The van der Waals surface area contributed by atoms with E-state index >= 15 is 0 Å². The van der Waals surface area contributed by atoms with E-state index in [1.165, 1.54) is 11.0 Å². The molecule has 0 bridgehead atoms. The maximum absolute atomic E-state index is 14.1. The van der Waals surface area contributed by atoms with Crippen molar-refractivity contribution in [3.8, 4) is 11.6 Å². The maximum atomic E-state index is 14.1. The molecule has 47 heavy (non-hydrogen) atoms. The summed E-state index contributed by atoms with van der Waals surface area (Å²) in [4.78, 5) is 59.5. The fraction of sp³-hybridized carbons (Fsp3) is 0.485. The van der Waals surface area contributed by atoms with Crippen molar-refractivity contribution >= 4 is 44.4 Å². The average molecular weight is 668 g/mol. The number of sulfonamides is 1. The Morgan fingerprint density at radius 1 is 1.17 bits per heavy atom. The zero-order valence-electron chi connectivity index (χ0n) is 26.7. The first-order valence-electron chi connectivity index (χ1n) is 15.6. The first-order valence-corrected chi connectivity index (χ1v) is 17.2. The average Bonchev–Trinajstić information content (AvgIpc) is 3.96. The van der Waals surface area contributed by atoms with Crippen molar-refractivity contribution in [2.24, 2.45) is 11.8 Å². The molecule has 4 amide bonds. The minimum atomic E-state index is -3.88. The molecule has 3 N–H and O–H groups in total. The lowest BCUT2D eigenvalue weighted by Crippen LogP contribution is -2.58. The SMILES string of the molecule is C=CC(=O)NC(CC(C)C)C(=O)N1C[C@H](Oc2nccc3cc(OC)ccc23)C[C@H]1C(=O)N[C@]1(C(=O)NS(=O)(=O)C2CC2)C[C@H]1C=C. The summed E-state index contributed by atoms with van der Waals surface area (Å²) in [6.07, 6.45) is 4.91. The zero-order chi connectivity index (χ0) is 34.1. The highest BCUT2D eigenvalue weighted by Gasteiger charge is 2.62. The first-order chi connectivity index (χ1) is 22.3. The number of fused-ring (bicyclic) bond motifs is 1. The molecule has 1 unspecified atom stereocenters. The molecule has 2 aromatic rings. The molecule has 3 fully saturated rings. The zero-order valence-corrected chi connectivity index (χ0v) is 27.5. The first kappa shape index (κ1) is 33.9. The molecule has 14 heteroatoms. The van der Waals surface area contributed by atoms with E-state index in [1.54, 1.807) is 19.4 Å². The van der Waals surface area contributed by atoms with E-state index in [1.807, 2.05) is 32.0 Å². The number of benzene rings is 1. The van der Waals surface area contributed by atoms with Gasteiger partial charge in [0.05, 0.1) is 18.9 Å². The van der Waals surface area contributed by atoms with E-state index in [0.717, 1.165) is 11.5 Å². The van der Waals surface area contributed by atoms with Crippen molar-refractivity contribution in [3.63, 3.8) is 0 Å². The highest BCUT2D eigenvalue weighted by atomic mass is 32.2. The fourth-order valence-corrected chi connectivity index (χ4v) is 7.39. The molecule has 5 rings (SSSR count). The summed E-state index contributed by atoms with van der Waals surface area (Å²) in [5, 5.41) is 6.34. The highest BCUT2D eigenvalue weighted by Crippen LogP contribution is 2.45. The molecule has 2 saturated carbocycles. The monoisotopic (exact) mass is 667 g/mol. The summed E-state index contributed by atoms with van der Waals surface area (Å²) in [6.45, 7) is 11.0. The van der Waals surface area contributed by atoms with Crippen molar-refractivity contribution in [1.82, 2.24) is 25.2 Å². The Kier molecular flexibility index (Phi) is 9.62. The summed E-state index contributed by atoms with van der Waals surface area (Å²) < 4.78 is 39.0. The minimum absolute atomic E-state index is 0.0101. The molecular formula is C33H41N5O8S. The molecule has 3 aliphatic rings.